The zero-order chi connectivity index (χ0) is 19.3. The molecule has 5 heteroatoms. The van der Waals surface area contributed by atoms with Gasteiger partial charge in [0.05, 0.1) is 25.4 Å². The minimum absolute atomic E-state index is 0.258. The number of aliphatic hydroxyl groups is 2. The second-order valence-corrected chi connectivity index (χ2v) is 7.04. The zero-order valence-corrected chi connectivity index (χ0v) is 16.3. The number of aliphatic hydroxyl groups excluding tert-OH is 2. The third kappa shape index (κ3) is 8.68. The number of ether oxygens (including phenoxy) is 1. The summed E-state index contributed by atoms with van der Waals surface area (Å²) in [6.07, 6.45) is 8.60. The van der Waals surface area contributed by atoms with E-state index in [1.165, 1.54) is 39.0 Å². The molecule has 1 aromatic rings. The summed E-state index contributed by atoms with van der Waals surface area (Å²) in [7, 11) is 0. The molecule has 3 N–H and O–H groups in total. The monoisotopic (exact) mass is 365 g/mol. The number of aryl methyl sites for hydroxylation is 1. The summed E-state index contributed by atoms with van der Waals surface area (Å²) >= 11 is 0. The molecular weight excluding hydrogens is 330 g/mol. The lowest BCUT2D eigenvalue weighted by Crippen LogP contribution is -2.53. The standard InChI is InChI=1S/C21H35NO4/c1-3-4-5-6-7-8-15-26-20-11-9-19(10-12-20)13-14-21(16-23,17-24)22-18(2)25/h9-12,23-24H,3-8,13-17H2,1-2H3,(H,22,25). The van der Waals surface area contributed by atoms with E-state index in [1.807, 2.05) is 24.3 Å². The van der Waals surface area contributed by atoms with Crippen molar-refractivity contribution >= 4 is 5.91 Å². The first-order chi connectivity index (χ1) is 12.5. The van der Waals surface area contributed by atoms with Crippen LogP contribution in [0.25, 0.3) is 0 Å². The maximum atomic E-state index is 11.3. The van der Waals surface area contributed by atoms with Crippen LogP contribution in [0.5, 0.6) is 5.75 Å². The summed E-state index contributed by atoms with van der Waals surface area (Å²) in [5.41, 5.74) is 0.104. The molecule has 5 nitrogen and oxygen atoms in total. The molecule has 0 saturated carbocycles. The van der Waals surface area contributed by atoms with Crippen LogP contribution >= 0.6 is 0 Å². The number of carbonyl (C=O) groups excluding carboxylic acids is 1. The van der Waals surface area contributed by atoms with Gasteiger partial charge in [-0.25, -0.2) is 0 Å². The number of hydrogen-bond donors (Lipinski definition) is 3. The van der Waals surface area contributed by atoms with Gasteiger partial charge >= 0.3 is 0 Å². The predicted octanol–water partition coefficient (Wildman–Crippen LogP) is 3.22. The second kappa shape index (κ2) is 12.7. The fraction of sp³-hybridized carbons (Fsp3) is 0.667. The van der Waals surface area contributed by atoms with Gasteiger partial charge in [0.2, 0.25) is 5.91 Å². The molecule has 0 radical (unpaired) electrons. The fourth-order valence-corrected chi connectivity index (χ4v) is 2.93. The van der Waals surface area contributed by atoms with Gasteiger partial charge in [-0.3, -0.25) is 4.79 Å². The van der Waals surface area contributed by atoms with Crippen molar-refractivity contribution in [2.45, 2.75) is 70.8 Å². The van der Waals surface area contributed by atoms with Gasteiger partial charge in [0.1, 0.15) is 5.75 Å². The van der Waals surface area contributed by atoms with Gasteiger partial charge in [-0.1, -0.05) is 51.2 Å². The Bertz CT molecular complexity index is 497. The molecule has 1 rings (SSSR count). The Morgan fingerprint density at radius 3 is 2.23 bits per heavy atom. The lowest BCUT2D eigenvalue weighted by molar-refractivity contribution is -0.122. The van der Waals surface area contributed by atoms with E-state index in [1.54, 1.807) is 0 Å². The van der Waals surface area contributed by atoms with E-state index in [9.17, 15) is 15.0 Å². The summed E-state index contributed by atoms with van der Waals surface area (Å²) in [5.74, 6) is 0.603. The molecule has 1 amide bonds. The molecular formula is C21H35NO4. The van der Waals surface area contributed by atoms with Crippen LogP contribution in [-0.4, -0.2) is 41.5 Å². The van der Waals surface area contributed by atoms with Gasteiger partial charge in [-0.2, -0.15) is 0 Å². The van der Waals surface area contributed by atoms with Crippen LogP contribution in [0, 0.1) is 0 Å². The summed E-state index contributed by atoms with van der Waals surface area (Å²) in [6.45, 7) is 3.77. The Hall–Kier alpha value is -1.59. The second-order valence-electron chi connectivity index (χ2n) is 7.04. The van der Waals surface area contributed by atoms with Crippen LogP contribution in [0.1, 0.15) is 64.4 Å². The Balaban J connectivity index is 2.36. The molecule has 1 aromatic carbocycles. The minimum atomic E-state index is -0.973. The zero-order valence-electron chi connectivity index (χ0n) is 16.3. The molecule has 148 valence electrons. The number of unbranched alkanes of at least 4 members (excludes halogenated alkanes) is 5. The Kier molecular flexibility index (Phi) is 11.0. The van der Waals surface area contributed by atoms with Crippen molar-refractivity contribution in [2.24, 2.45) is 0 Å². The Labute approximate surface area is 157 Å². The molecule has 0 aliphatic carbocycles. The average molecular weight is 366 g/mol. The SMILES string of the molecule is CCCCCCCCOc1ccc(CCC(CO)(CO)NC(C)=O)cc1. The van der Waals surface area contributed by atoms with E-state index in [2.05, 4.69) is 12.2 Å². The fourth-order valence-electron chi connectivity index (χ4n) is 2.93. The number of hydrogen-bond acceptors (Lipinski definition) is 4. The van der Waals surface area contributed by atoms with Crippen LogP contribution in [0.3, 0.4) is 0 Å². The number of amides is 1. The topological polar surface area (TPSA) is 78.8 Å². The highest BCUT2D eigenvalue weighted by Gasteiger charge is 2.29. The van der Waals surface area contributed by atoms with Crippen molar-refractivity contribution in [1.82, 2.24) is 5.32 Å². The van der Waals surface area contributed by atoms with E-state index in [0.717, 1.165) is 24.3 Å². The van der Waals surface area contributed by atoms with E-state index in [-0.39, 0.29) is 19.1 Å². The number of carbonyl (C=O) groups is 1. The number of rotatable bonds is 14. The van der Waals surface area contributed by atoms with Crippen molar-refractivity contribution in [3.63, 3.8) is 0 Å². The molecule has 0 heterocycles. The molecule has 0 bridgehead atoms. The first-order valence-corrected chi connectivity index (χ1v) is 9.77. The number of benzene rings is 1. The van der Waals surface area contributed by atoms with Crippen molar-refractivity contribution in [1.29, 1.82) is 0 Å². The molecule has 0 spiro atoms. The average Bonchev–Trinajstić information content (AvgIpc) is 2.65. The third-order valence-corrected chi connectivity index (χ3v) is 4.63. The van der Waals surface area contributed by atoms with Gasteiger partial charge in [0, 0.05) is 6.92 Å². The van der Waals surface area contributed by atoms with Crippen LogP contribution in [0.2, 0.25) is 0 Å². The van der Waals surface area contributed by atoms with Gasteiger partial charge in [-0.05, 0) is 37.0 Å². The van der Waals surface area contributed by atoms with E-state index >= 15 is 0 Å². The first kappa shape index (κ1) is 22.5. The summed E-state index contributed by atoms with van der Waals surface area (Å²) in [4.78, 5) is 11.3. The van der Waals surface area contributed by atoms with Gasteiger partial charge < -0.3 is 20.3 Å². The van der Waals surface area contributed by atoms with E-state index in [4.69, 9.17) is 4.74 Å². The maximum absolute atomic E-state index is 11.3. The molecule has 0 unspecified atom stereocenters. The molecule has 0 aliphatic rings. The minimum Gasteiger partial charge on any atom is -0.494 e. The lowest BCUT2D eigenvalue weighted by atomic mass is 9.92. The largest absolute Gasteiger partial charge is 0.494 e. The number of nitrogens with one attached hydrogen (secondary N) is 1. The molecule has 26 heavy (non-hydrogen) atoms. The van der Waals surface area contributed by atoms with Crippen molar-refractivity contribution < 1.29 is 19.7 Å². The van der Waals surface area contributed by atoms with Crippen molar-refractivity contribution in [3.05, 3.63) is 29.8 Å². The Morgan fingerprint density at radius 2 is 1.65 bits per heavy atom. The molecule has 0 fully saturated rings. The van der Waals surface area contributed by atoms with Gasteiger partial charge in [-0.15, -0.1) is 0 Å². The lowest BCUT2D eigenvalue weighted by Gasteiger charge is -2.30. The molecule has 0 atom stereocenters. The summed E-state index contributed by atoms with van der Waals surface area (Å²) < 4.78 is 5.77. The summed E-state index contributed by atoms with van der Waals surface area (Å²) in [5, 5.41) is 21.7. The summed E-state index contributed by atoms with van der Waals surface area (Å²) in [6, 6.07) is 7.88. The van der Waals surface area contributed by atoms with Crippen molar-refractivity contribution in [2.75, 3.05) is 19.8 Å². The van der Waals surface area contributed by atoms with E-state index < -0.39 is 5.54 Å². The quantitative estimate of drug-likeness (QED) is 0.442. The Morgan fingerprint density at radius 1 is 1.04 bits per heavy atom. The highest BCUT2D eigenvalue weighted by Crippen LogP contribution is 2.18. The third-order valence-electron chi connectivity index (χ3n) is 4.63. The van der Waals surface area contributed by atoms with E-state index in [0.29, 0.717) is 12.8 Å². The molecule has 0 aliphatic heterocycles. The van der Waals surface area contributed by atoms with Crippen LogP contribution in [0.4, 0.5) is 0 Å². The smallest absolute Gasteiger partial charge is 0.217 e. The van der Waals surface area contributed by atoms with Crippen LogP contribution in [0.15, 0.2) is 24.3 Å². The molecule has 0 saturated heterocycles. The maximum Gasteiger partial charge on any atom is 0.217 e. The first-order valence-electron chi connectivity index (χ1n) is 9.77. The highest BCUT2D eigenvalue weighted by molar-refractivity contribution is 5.73. The molecule has 0 aromatic heterocycles. The van der Waals surface area contributed by atoms with Crippen LogP contribution in [-0.2, 0) is 11.2 Å². The van der Waals surface area contributed by atoms with Gasteiger partial charge in [0.25, 0.3) is 0 Å². The predicted molar refractivity (Wildman–Crippen MR) is 104 cm³/mol. The highest BCUT2D eigenvalue weighted by atomic mass is 16.5. The van der Waals surface area contributed by atoms with Crippen molar-refractivity contribution in [3.8, 4) is 5.75 Å². The normalized spacial score (nSPS) is 11.4. The van der Waals surface area contributed by atoms with Crippen LogP contribution < -0.4 is 10.1 Å². The van der Waals surface area contributed by atoms with Gasteiger partial charge in [0.15, 0.2) is 0 Å².